The summed E-state index contributed by atoms with van der Waals surface area (Å²) in [4.78, 5) is 10.8. The van der Waals surface area contributed by atoms with Crippen molar-refractivity contribution in [1.29, 1.82) is 0 Å². The molecule has 3 rings (SSSR count). The van der Waals surface area contributed by atoms with Gasteiger partial charge in [0, 0.05) is 0 Å². The van der Waals surface area contributed by atoms with Gasteiger partial charge in [0.05, 0.1) is 0 Å². The van der Waals surface area contributed by atoms with E-state index in [-0.39, 0.29) is 0 Å². The molecule has 3 saturated carbocycles. The third-order valence-electron chi connectivity index (χ3n) is 9.20. The molecule has 0 atom stereocenters. The van der Waals surface area contributed by atoms with E-state index in [4.69, 9.17) is 20.6 Å². The molecule has 0 aromatic heterocycles. The molecule has 0 bridgehead atoms. The van der Waals surface area contributed by atoms with Crippen LogP contribution in [-0.2, 0) is 4.79 Å². The van der Waals surface area contributed by atoms with E-state index in [1.165, 1.54) is 122 Å². The van der Waals surface area contributed by atoms with Crippen LogP contribution in [0.1, 0.15) is 135 Å². The number of carboxylic acid groups (broad SMARTS) is 1. The zero-order chi connectivity index (χ0) is 21.3. The van der Waals surface area contributed by atoms with E-state index in [0.717, 1.165) is 29.8 Å². The maximum atomic E-state index is 10.8. The van der Waals surface area contributed by atoms with Crippen LogP contribution in [0.2, 0.25) is 0 Å². The second-order valence-electron chi connectivity index (χ2n) is 10.9. The predicted molar refractivity (Wildman–Crippen MR) is 137 cm³/mol. The molecule has 0 aromatic rings. The van der Waals surface area contributed by atoms with Crippen molar-refractivity contribution in [2.75, 3.05) is 6.16 Å². The van der Waals surface area contributed by atoms with Crippen LogP contribution >= 0.6 is 20.8 Å². The Kier molecular flexibility index (Phi) is 10.0. The van der Waals surface area contributed by atoms with Crippen LogP contribution in [0.3, 0.4) is 0 Å². The molecule has 0 radical (unpaired) electrons. The fourth-order valence-electron chi connectivity index (χ4n) is 7.67. The van der Waals surface area contributed by atoms with Gasteiger partial charge in [0.2, 0.25) is 0 Å². The summed E-state index contributed by atoms with van der Waals surface area (Å²) in [6.07, 6.45) is 30.1. The number of hydrogen-bond acceptors (Lipinski definition) is 1. The quantitative estimate of drug-likeness (QED) is 0.225. The number of aliphatic carboxylic acids is 1. The van der Waals surface area contributed by atoms with Crippen molar-refractivity contribution >= 4 is 26.8 Å². The number of carbonyl (C=O) groups is 1. The second kappa shape index (κ2) is 12.0. The maximum absolute atomic E-state index is 10.8. The van der Waals surface area contributed by atoms with Gasteiger partial charge in [0.25, 0.3) is 0 Å². The molecule has 176 valence electrons. The van der Waals surface area contributed by atoms with Crippen molar-refractivity contribution in [2.45, 2.75) is 152 Å². The number of unbranched alkanes of at least 4 members (excludes halogenated alkanes) is 4. The Morgan fingerprint density at radius 2 is 1.00 bits per heavy atom. The molecule has 3 aliphatic rings. The molecule has 0 spiro atoms. The standard InChI is InChI=1S/C26H48BrO2P/c27-30(23-15-7-4-8-16-23,24-17-9-5-10-18-24,25-19-11-6-12-20-25)22-14-3-1-2-13-21-26(28)29/h23-25H,1-22H2,(H,28,29). The Morgan fingerprint density at radius 1 is 0.633 bits per heavy atom. The Balaban J connectivity index is 1.75. The molecule has 1 N–H and O–H groups in total. The normalized spacial score (nSPS) is 24.4. The molecule has 0 aliphatic heterocycles. The van der Waals surface area contributed by atoms with Gasteiger partial charge in [-0.1, -0.05) is 0 Å². The summed E-state index contributed by atoms with van der Waals surface area (Å²) >= 11 is 4.93. The first-order valence-corrected chi connectivity index (χ1v) is 18.1. The molecular formula is C26H48BrO2P. The van der Waals surface area contributed by atoms with Crippen molar-refractivity contribution in [3.8, 4) is 0 Å². The third-order valence-corrected chi connectivity index (χ3v) is 23.2. The fraction of sp³-hybridized carbons (Fsp3) is 0.962. The summed E-state index contributed by atoms with van der Waals surface area (Å²) in [6.45, 7) is 0. The summed E-state index contributed by atoms with van der Waals surface area (Å²) in [5.74, 6) is -0.632. The van der Waals surface area contributed by atoms with E-state index < -0.39 is 11.3 Å². The van der Waals surface area contributed by atoms with E-state index in [1.54, 1.807) is 0 Å². The number of hydrogen-bond donors (Lipinski definition) is 1. The first-order valence-electron chi connectivity index (χ1n) is 13.5. The Labute approximate surface area is 194 Å². The van der Waals surface area contributed by atoms with Crippen LogP contribution < -0.4 is 0 Å². The topological polar surface area (TPSA) is 37.3 Å². The summed E-state index contributed by atoms with van der Waals surface area (Å²) < 4.78 is 0. The average Bonchev–Trinajstić information content (AvgIpc) is 2.80. The molecular weight excluding hydrogens is 455 g/mol. The van der Waals surface area contributed by atoms with E-state index in [1.807, 2.05) is 0 Å². The minimum atomic E-state index is -1.97. The number of halogens is 1. The Morgan fingerprint density at radius 3 is 1.40 bits per heavy atom. The van der Waals surface area contributed by atoms with E-state index in [2.05, 4.69) is 0 Å². The molecule has 4 heteroatoms. The second-order valence-corrected chi connectivity index (χ2v) is 21.6. The van der Waals surface area contributed by atoms with Gasteiger partial charge in [-0.05, 0) is 0 Å². The fourth-order valence-corrected chi connectivity index (χ4v) is 20.5. The van der Waals surface area contributed by atoms with E-state index in [9.17, 15) is 4.79 Å². The van der Waals surface area contributed by atoms with Crippen molar-refractivity contribution in [2.24, 2.45) is 0 Å². The molecule has 3 fully saturated rings. The Bertz CT molecular complexity index is 471. The van der Waals surface area contributed by atoms with Crippen molar-refractivity contribution < 1.29 is 9.90 Å². The van der Waals surface area contributed by atoms with Crippen molar-refractivity contribution in [3.63, 3.8) is 0 Å². The molecule has 0 saturated heterocycles. The van der Waals surface area contributed by atoms with Gasteiger partial charge in [-0.3, -0.25) is 0 Å². The molecule has 3 aliphatic carbocycles. The summed E-state index contributed by atoms with van der Waals surface area (Å²) in [7, 11) is 0. The Hall–Kier alpha value is 0.380. The van der Waals surface area contributed by atoms with E-state index >= 15 is 0 Å². The van der Waals surface area contributed by atoms with Gasteiger partial charge >= 0.3 is 195 Å². The summed E-state index contributed by atoms with van der Waals surface area (Å²) in [5.41, 5.74) is 3.01. The average molecular weight is 504 g/mol. The number of rotatable bonds is 11. The van der Waals surface area contributed by atoms with Gasteiger partial charge < -0.3 is 0 Å². The molecule has 0 aromatic carbocycles. The van der Waals surface area contributed by atoms with Crippen molar-refractivity contribution in [3.05, 3.63) is 0 Å². The zero-order valence-electron chi connectivity index (χ0n) is 19.5. The first kappa shape index (κ1) is 25.0. The van der Waals surface area contributed by atoms with E-state index in [0.29, 0.717) is 6.42 Å². The minimum absolute atomic E-state index is 0.351. The first-order chi connectivity index (χ1) is 14.6. The van der Waals surface area contributed by atoms with Crippen LogP contribution in [0.5, 0.6) is 0 Å². The van der Waals surface area contributed by atoms with Gasteiger partial charge in [-0.25, -0.2) is 0 Å². The van der Waals surface area contributed by atoms with Crippen LogP contribution in [0.4, 0.5) is 0 Å². The SMILES string of the molecule is O=C(O)CCCCCCCP(Br)(C1CCCCC1)(C1CCCCC1)C1CCCCC1. The summed E-state index contributed by atoms with van der Waals surface area (Å²) in [5, 5.41) is 6.91. The summed E-state index contributed by atoms with van der Waals surface area (Å²) in [6, 6.07) is 0. The molecule has 0 amide bonds. The van der Waals surface area contributed by atoms with Crippen LogP contribution in [0.15, 0.2) is 0 Å². The third kappa shape index (κ3) is 5.84. The number of carboxylic acids is 1. The van der Waals surface area contributed by atoms with Gasteiger partial charge in [0.15, 0.2) is 0 Å². The van der Waals surface area contributed by atoms with Crippen LogP contribution in [0.25, 0.3) is 0 Å². The molecule has 0 heterocycles. The van der Waals surface area contributed by atoms with Crippen LogP contribution in [0, 0.1) is 0 Å². The molecule has 0 unspecified atom stereocenters. The molecule has 30 heavy (non-hydrogen) atoms. The van der Waals surface area contributed by atoms with Gasteiger partial charge in [-0.15, -0.1) is 0 Å². The predicted octanol–water partition coefficient (Wildman–Crippen LogP) is 9.27. The van der Waals surface area contributed by atoms with Crippen molar-refractivity contribution in [1.82, 2.24) is 0 Å². The van der Waals surface area contributed by atoms with Gasteiger partial charge in [0.1, 0.15) is 0 Å². The van der Waals surface area contributed by atoms with Crippen LogP contribution in [-0.4, -0.2) is 34.2 Å². The molecule has 2 nitrogen and oxygen atoms in total. The van der Waals surface area contributed by atoms with Gasteiger partial charge in [-0.2, -0.15) is 0 Å². The monoisotopic (exact) mass is 502 g/mol. The zero-order valence-corrected chi connectivity index (χ0v) is 21.9.